The van der Waals surface area contributed by atoms with Crippen LogP contribution in [0.4, 0.5) is 5.69 Å². The van der Waals surface area contributed by atoms with Gasteiger partial charge < -0.3 is 10.1 Å². The lowest BCUT2D eigenvalue weighted by molar-refractivity contribution is -0.383. The third kappa shape index (κ3) is 1.61. The van der Waals surface area contributed by atoms with Crippen molar-refractivity contribution < 1.29 is 10.0 Å². The van der Waals surface area contributed by atoms with Crippen molar-refractivity contribution in [3.05, 3.63) is 56.7 Å². The Hall–Kier alpha value is -2.89. The number of nitrogens with zero attached hydrogens (tertiary/aromatic N) is 1. The monoisotopic (exact) mass is 256 g/mol. The Kier molecular flexibility index (Phi) is 2.25. The zero-order valence-corrected chi connectivity index (χ0v) is 9.58. The van der Waals surface area contributed by atoms with Crippen molar-refractivity contribution in [3.8, 4) is 17.0 Å². The molecule has 1 aliphatic heterocycles. The fraction of sp³-hybridized carbons (Fsp3) is 0. The number of hydrogen-bond donors (Lipinski definition) is 2. The summed E-state index contributed by atoms with van der Waals surface area (Å²) >= 11 is 0. The van der Waals surface area contributed by atoms with Crippen molar-refractivity contribution >= 4 is 16.6 Å². The molecule has 0 fully saturated rings. The van der Waals surface area contributed by atoms with Gasteiger partial charge in [0.1, 0.15) is 5.75 Å². The summed E-state index contributed by atoms with van der Waals surface area (Å²) in [5.41, 5.74) is 0.604. The highest BCUT2D eigenvalue weighted by Crippen LogP contribution is 2.32. The number of pyridine rings is 1. The summed E-state index contributed by atoms with van der Waals surface area (Å²) in [6.45, 7) is 0. The van der Waals surface area contributed by atoms with E-state index in [-0.39, 0.29) is 28.1 Å². The van der Waals surface area contributed by atoms with Crippen LogP contribution in [-0.2, 0) is 0 Å². The van der Waals surface area contributed by atoms with Crippen LogP contribution >= 0.6 is 0 Å². The molecule has 6 nitrogen and oxygen atoms in total. The van der Waals surface area contributed by atoms with Crippen LogP contribution in [0.2, 0.25) is 0 Å². The summed E-state index contributed by atoms with van der Waals surface area (Å²) in [6.07, 6.45) is 0. The highest BCUT2D eigenvalue weighted by atomic mass is 16.6. The molecule has 0 unspecified atom stereocenters. The van der Waals surface area contributed by atoms with Crippen LogP contribution in [0.15, 0.2) is 41.2 Å². The quantitative estimate of drug-likeness (QED) is 0.396. The van der Waals surface area contributed by atoms with Crippen LogP contribution in [0.25, 0.3) is 22.2 Å². The molecule has 3 rings (SSSR count). The van der Waals surface area contributed by atoms with Gasteiger partial charge >= 0.3 is 0 Å². The molecular weight excluding hydrogens is 248 g/mol. The van der Waals surface area contributed by atoms with E-state index in [0.29, 0.717) is 10.9 Å². The largest absolute Gasteiger partial charge is 0.506 e. The number of nitrogens with one attached hydrogen (secondary N) is 1. The van der Waals surface area contributed by atoms with Crippen LogP contribution < -0.4 is 5.43 Å². The first-order chi connectivity index (χ1) is 9.08. The normalized spacial score (nSPS) is 10.9. The summed E-state index contributed by atoms with van der Waals surface area (Å²) in [5.74, 6) is -0.0667. The van der Waals surface area contributed by atoms with E-state index in [2.05, 4.69) is 4.98 Å². The maximum Gasteiger partial charge on any atom is 0.278 e. The average Bonchev–Trinajstić information content (AvgIpc) is 2.40. The number of nitro benzene ring substituents is 1. The minimum absolute atomic E-state index is 0.0667. The standard InChI is InChI=1S/C13H8N2O4/c16-11-4-5-12(17)13-8(11)6-7-9(14-13)2-1-3-10(7)15(18)19/h1-6,14,17H. The lowest BCUT2D eigenvalue weighted by Gasteiger charge is -2.09. The topological polar surface area (TPSA) is 96.2 Å². The Balaban J connectivity index is 2.53. The lowest BCUT2D eigenvalue weighted by atomic mass is 10.0. The molecule has 2 N–H and O–H groups in total. The van der Waals surface area contributed by atoms with Gasteiger partial charge in [-0.2, -0.15) is 0 Å². The number of phenolic OH excluding ortho intramolecular Hbond substituents is 1. The van der Waals surface area contributed by atoms with Gasteiger partial charge in [-0.3, -0.25) is 14.9 Å². The number of non-ortho nitro benzene ring substituents is 1. The number of hydrogen-bond acceptors (Lipinski definition) is 4. The summed E-state index contributed by atoms with van der Waals surface area (Å²) in [6, 6.07) is 8.52. The molecule has 0 aromatic heterocycles. The van der Waals surface area contributed by atoms with Gasteiger partial charge in [-0.05, 0) is 24.3 Å². The van der Waals surface area contributed by atoms with Crippen molar-refractivity contribution in [2.24, 2.45) is 0 Å². The number of nitro groups is 1. The average molecular weight is 256 g/mol. The number of H-pyrrole nitrogens is 1. The van der Waals surface area contributed by atoms with Gasteiger partial charge in [0, 0.05) is 6.07 Å². The zero-order chi connectivity index (χ0) is 13.6. The Morgan fingerprint density at radius 3 is 2.74 bits per heavy atom. The summed E-state index contributed by atoms with van der Waals surface area (Å²) < 4.78 is 0. The zero-order valence-electron chi connectivity index (χ0n) is 9.58. The molecule has 2 aliphatic rings. The number of aromatic amines is 1. The van der Waals surface area contributed by atoms with Crippen molar-refractivity contribution in [2.75, 3.05) is 0 Å². The molecule has 0 amide bonds. The number of aromatic nitrogens is 1. The highest BCUT2D eigenvalue weighted by molar-refractivity contribution is 5.93. The van der Waals surface area contributed by atoms with E-state index in [4.69, 9.17) is 0 Å². The fourth-order valence-electron chi connectivity index (χ4n) is 2.12. The van der Waals surface area contributed by atoms with E-state index in [1.165, 1.54) is 24.3 Å². The molecule has 0 bridgehead atoms. The molecule has 1 aromatic rings. The van der Waals surface area contributed by atoms with Crippen molar-refractivity contribution in [1.82, 2.24) is 4.98 Å². The molecule has 0 spiro atoms. The fourth-order valence-corrected chi connectivity index (χ4v) is 2.12. The second kappa shape index (κ2) is 3.81. The molecule has 1 aromatic carbocycles. The minimum Gasteiger partial charge on any atom is -0.506 e. The number of aromatic hydroxyl groups is 1. The predicted octanol–water partition coefficient (Wildman–Crippen LogP) is 2.25. The van der Waals surface area contributed by atoms with Crippen molar-refractivity contribution in [3.63, 3.8) is 0 Å². The molecule has 1 heterocycles. The van der Waals surface area contributed by atoms with Crippen LogP contribution in [0, 0.1) is 10.1 Å². The van der Waals surface area contributed by atoms with E-state index < -0.39 is 4.92 Å². The molecular formula is C13H8N2O4. The number of phenols is 1. The molecule has 1 aliphatic carbocycles. The summed E-state index contributed by atoms with van der Waals surface area (Å²) in [5, 5.41) is 21.0. The predicted molar refractivity (Wildman–Crippen MR) is 69.5 cm³/mol. The Morgan fingerprint density at radius 2 is 2.00 bits per heavy atom. The third-order valence-electron chi connectivity index (χ3n) is 3.01. The first kappa shape index (κ1) is 11.2. The minimum atomic E-state index is -0.505. The van der Waals surface area contributed by atoms with Crippen LogP contribution in [0.1, 0.15) is 0 Å². The third-order valence-corrected chi connectivity index (χ3v) is 3.01. The number of benzene rings is 2. The van der Waals surface area contributed by atoms with Gasteiger partial charge in [-0.15, -0.1) is 0 Å². The van der Waals surface area contributed by atoms with Crippen LogP contribution in [-0.4, -0.2) is 15.0 Å². The number of rotatable bonds is 1. The second-order valence-corrected chi connectivity index (χ2v) is 4.14. The molecule has 0 atom stereocenters. The van der Waals surface area contributed by atoms with E-state index in [9.17, 15) is 20.0 Å². The second-order valence-electron chi connectivity index (χ2n) is 4.14. The molecule has 6 heteroatoms. The van der Waals surface area contributed by atoms with Crippen LogP contribution in [0.5, 0.6) is 5.75 Å². The van der Waals surface area contributed by atoms with Crippen molar-refractivity contribution in [1.29, 1.82) is 0 Å². The Bertz CT molecular complexity index is 838. The molecule has 0 saturated carbocycles. The Labute approximate surface area is 106 Å². The molecule has 0 saturated heterocycles. The van der Waals surface area contributed by atoms with E-state index in [1.54, 1.807) is 12.1 Å². The van der Waals surface area contributed by atoms with Gasteiger partial charge in [-0.25, -0.2) is 0 Å². The van der Waals surface area contributed by atoms with Gasteiger partial charge in [0.05, 0.1) is 27.1 Å². The molecule has 19 heavy (non-hydrogen) atoms. The first-order valence-corrected chi connectivity index (χ1v) is 5.50. The van der Waals surface area contributed by atoms with E-state index in [0.717, 1.165) is 0 Å². The maximum atomic E-state index is 11.8. The highest BCUT2D eigenvalue weighted by Gasteiger charge is 2.17. The van der Waals surface area contributed by atoms with E-state index in [1.807, 2.05) is 0 Å². The lowest BCUT2D eigenvalue weighted by Crippen LogP contribution is -2.05. The summed E-state index contributed by atoms with van der Waals surface area (Å²) in [7, 11) is 0. The van der Waals surface area contributed by atoms with E-state index >= 15 is 0 Å². The maximum absolute atomic E-state index is 11.8. The molecule has 94 valence electrons. The smallest absolute Gasteiger partial charge is 0.278 e. The van der Waals surface area contributed by atoms with Gasteiger partial charge in [0.15, 0.2) is 5.43 Å². The van der Waals surface area contributed by atoms with Gasteiger partial charge in [-0.1, -0.05) is 6.07 Å². The SMILES string of the molecule is O=c1ccc(O)c2[nH]c3cccc([N+](=O)[O-])c3cc1-2. The van der Waals surface area contributed by atoms with Crippen molar-refractivity contribution in [2.45, 2.75) is 0 Å². The number of fused-ring (bicyclic) bond motifs is 2. The van der Waals surface area contributed by atoms with Crippen LogP contribution in [0.3, 0.4) is 0 Å². The summed E-state index contributed by atoms with van der Waals surface area (Å²) in [4.78, 5) is 25.1. The molecule has 0 radical (unpaired) electrons. The van der Waals surface area contributed by atoms with Gasteiger partial charge in [0.25, 0.3) is 5.69 Å². The Morgan fingerprint density at radius 1 is 1.21 bits per heavy atom. The first-order valence-electron chi connectivity index (χ1n) is 5.50. The van der Waals surface area contributed by atoms with Gasteiger partial charge in [0.2, 0.25) is 0 Å².